The lowest BCUT2D eigenvalue weighted by Gasteiger charge is -2.29. The van der Waals surface area contributed by atoms with Crippen LogP contribution in [0.5, 0.6) is 0 Å². The van der Waals surface area contributed by atoms with Crippen LogP contribution in [0.2, 0.25) is 0 Å². The first kappa shape index (κ1) is 16.1. The lowest BCUT2D eigenvalue weighted by molar-refractivity contribution is 0.589. The van der Waals surface area contributed by atoms with Crippen LogP contribution in [-0.4, -0.2) is 52.2 Å². The maximum Gasteiger partial charge on any atom is 0.230 e. The predicted molar refractivity (Wildman–Crippen MR) is 107 cm³/mol. The van der Waals surface area contributed by atoms with Crippen molar-refractivity contribution in [2.45, 2.75) is 6.54 Å². The van der Waals surface area contributed by atoms with Crippen molar-refractivity contribution in [3.05, 3.63) is 42.9 Å². The summed E-state index contributed by atoms with van der Waals surface area (Å²) in [7, 11) is 0. The highest BCUT2D eigenvalue weighted by atomic mass is 15.2. The highest BCUT2D eigenvalue weighted by Gasteiger charge is 2.17. The van der Waals surface area contributed by atoms with Gasteiger partial charge in [-0.3, -0.25) is 0 Å². The van der Waals surface area contributed by atoms with Gasteiger partial charge in [0.25, 0.3) is 0 Å². The standard InChI is InChI=1S/C19H22N8/c1-13-16-10-14-11-23-19(25-18(14)27(16)9-6-21-13)24-17-3-2-15(12-22-17)26-7-4-20-5-8-26/h2-3,10-12,20-21H,1,4-9H2,(H,22,23,24,25). The molecule has 0 bridgehead atoms. The summed E-state index contributed by atoms with van der Waals surface area (Å²) < 4.78 is 2.18. The van der Waals surface area contributed by atoms with Crippen molar-refractivity contribution in [1.29, 1.82) is 0 Å². The molecule has 1 saturated heterocycles. The van der Waals surface area contributed by atoms with E-state index in [1.807, 2.05) is 18.5 Å². The molecule has 3 aromatic rings. The third-order valence-corrected chi connectivity index (χ3v) is 5.09. The van der Waals surface area contributed by atoms with Gasteiger partial charge in [-0.2, -0.15) is 4.98 Å². The van der Waals surface area contributed by atoms with E-state index in [-0.39, 0.29) is 0 Å². The summed E-state index contributed by atoms with van der Waals surface area (Å²) in [5, 5.41) is 10.9. The Labute approximate surface area is 157 Å². The second-order valence-electron chi connectivity index (χ2n) is 6.82. The average Bonchev–Trinajstić information content (AvgIpc) is 3.09. The third kappa shape index (κ3) is 2.97. The van der Waals surface area contributed by atoms with E-state index in [1.165, 1.54) is 0 Å². The monoisotopic (exact) mass is 362 g/mol. The van der Waals surface area contributed by atoms with Crippen LogP contribution in [-0.2, 0) is 6.54 Å². The van der Waals surface area contributed by atoms with E-state index < -0.39 is 0 Å². The normalized spacial score (nSPS) is 16.9. The van der Waals surface area contributed by atoms with Crippen LogP contribution in [0, 0.1) is 0 Å². The lowest BCUT2D eigenvalue weighted by Crippen LogP contribution is -2.43. The van der Waals surface area contributed by atoms with Crippen LogP contribution in [0.1, 0.15) is 5.69 Å². The molecule has 2 aliphatic rings. The van der Waals surface area contributed by atoms with Crippen LogP contribution in [0.25, 0.3) is 16.7 Å². The molecule has 0 spiro atoms. The molecule has 0 amide bonds. The van der Waals surface area contributed by atoms with Gasteiger partial charge in [-0.15, -0.1) is 0 Å². The zero-order valence-corrected chi connectivity index (χ0v) is 15.1. The zero-order chi connectivity index (χ0) is 18.2. The molecule has 0 aliphatic carbocycles. The van der Waals surface area contributed by atoms with E-state index in [0.717, 1.165) is 73.2 Å². The van der Waals surface area contributed by atoms with Crippen molar-refractivity contribution in [3.63, 3.8) is 0 Å². The molecular weight excluding hydrogens is 340 g/mol. The third-order valence-electron chi connectivity index (χ3n) is 5.09. The Morgan fingerprint density at radius 3 is 2.74 bits per heavy atom. The van der Waals surface area contributed by atoms with Gasteiger partial charge < -0.3 is 25.4 Å². The topological polar surface area (TPSA) is 82.9 Å². The number of hydrogen-bond donors (Lipinski definition) is 3. The van der Waals surface area contributed by atoms with Gasteiger partial charge in [-0.05, 0) is 18.2 Å². The molecule has 8 heteroatoms. The molecule has 3 N–H and O–H groups in total. The minimum Gasteiger partial charge on any atom is -0.382 e. The first-order chi connectivity index (χ1) is 13.3. The molecule has 8 nitrogen and oxygen atoms in total. The fourth-order valence-corrected chi connectivity index (χ4v) is 3.67. The van der Waals surface area contributed by atoms with Gasteiger partial charge in [-0.1, -0.05) is 6.58 Å². The Balaban J connectivity index is 1.38. The average molecular weight is 362 g/mol. The van der Waals surface area contributed by atoms with Gasteiger partial charge in [0.15, 0.2) is 0 Å². The summed E-state index contributed by atoms with van der Waals surface area (Å²) in [5.74, 6) is 1.29. The van der Waals surface area contributed by atoms with Crippen LogP contribution in [0.3, 0.4) is 0 Å². The number of piperazine rings is 1. The minimum atomic E-state index is 0.551. The molecule has 0 aromatic carbocycles. The number of rotatable bonds is 3. The van der Waals surface area contributed by atoms with Gasteiger partial charge >= 0.3 is 0 Å². The SMILES string of the molecule is C=C1NCCn2c1cc1cnc(Nc3ccc(N4CCNCC4)cn3)nc12. The fraction of sp³-hybridized carbons (Fsp3) is 0.316. The first-order valence-electron chi connectivity index (χ1n) is 9.26. The molecule has 1 fully saturated rings. The molecular formula is C19H22N8. The molecule has 0 radical (unpaired) electrons. The maximum absolute atomic E-state index is 4.70. The molecule has 0 saturated carbocycles. The Morgan fingerprint density at radius 1 is 1.04 bits per heavy atom. The number of hydrogen-bond acceptors (Lipinski definition) is 7. The summed E-state index contributed by atoms with van der Waals surface area (Å²) in [5.41, 5.74) is 4.06. The summed E-state index contributed by atoms with van der Waals surface area (Å²) in [6.45, 7) is 9.84. The Bertz CT molecular complexity index is 985. The molecule has 0 atom stereocenters. The van der Waals surface area contributed by atoms with Crippen molar-refractivity contribution in [2.24, 2.45) is 0 Å². The zero-order valence-electron chi connectivity index (χ0n) is 15.1. The smallest absolute Gasteiger partial charge is 0.230 e. The second-order valence-corrected chi connectivity index (χ2v) is 6.82. The van der Waals surface area contributed by atoms with E-state index in [0.29, 0.717) is 5.95 Å². The van der Waals surface area contributed by atoms with E-state index in [1.54, 1.807) is 0 Å². The molecule has 0 unspecified atom stereocenters. The number of aromatic nitrogens is 4. The summed E-state index contributed by atoms with van der Waals surface area (Å²) in [4.78, 5) is 16.0. The van der Waals surface area contributed by atoms with E-state index in [2.05, 4.69) is 54.1 Å². The number of nitrogens with zero attached hydrogens (tertiary/aromatic N) is 5. The predicted octanol–water partition coefficient (Wildman–Crippen LogP) is 1.55. The van der Waals surface area contributed by atoms with Crippen LogP contribution < -0.4 is 20.9 Å². The number of anilines is 3. The van der Waals surface area contributed by atoms with Gasteiger partial charge in [0, 0.05) is 50.9 Å². The highest BCUT2D eigenvalue weighted by Crippen LogP contribution is 2.25. The second kappa shape index (κ2) is 6.55. The number of pyridine rings is 1. The molecule has 5 rings (SSSR count). The largest absolute Gasteiger partial charge is 0.382 e. The van der Waals surface area contributed by atoms with Crippen molar-refractivity contribution < 1.29 is 0 Å². The van der Waals surface area contributed by atoms with E-state index >= 15 is 0 Å². The van der Waals surface area contributed by atoms with Crippen molar-refractivity contribution in [1.82, 2.24) is 30.2 Å². The van der Waals surface area contributed by atoms with Gasteiger partial charge in [0.05, 0.1) is 23.3 Å². The van der Waals surface area contributed by atoms with Crippen LogP contribution in [0.15, 0.2) is 37.2 Å². The highest BCUT2D eigenvalue weighted by molar-refractivity contribution is 5.83. The van der Waals surface area contributed by atoms with E-state index in [4.69, 9.17) is 4.98 Å². The summed E-state index contributed by atoms with van der Waals surface area (Å²) in [6.07, 6.45) is 3.75. The Morgan fingerprint density at radius 2 is 1.93 bits per heavy atom. The first-order valence-corrected chi connectivity index (χ1v) is 9.26. The lowest BCUT2D eigenvalue weighted by atomic mass is 10.3. The summed E-state index contributed by atoms with van der Waals surface area (Å²) in [6, 6.07) is 6.15. The van der Waals surface area contributed by atoms with E-state index in [9.17, 15) is 0 Å². The maximum atomic E-state index is 4.70. The van der Waals surface area contributed by atoms with Crippen molar-refractivity contribution >= 4 is 34.2 Å². The molecule has 2 aliphatic heterocycles. The number of fused-ring (bicyclic) bond motifs is 3. The summed E-state index contributed by atoms with van der Waals surface area (Å²) >= 11 is 0. The minimum absolute atomic E-state index is 0.551. The van der Waals surface area contributed by atoms with Gasteiger partial charge in [0.2, 0.25) is 5.95 Å². The molecule has 5 heterocycles. The Kier molecular flexibility index (Phi) is 3.90. The van der Waals surface area contributed by atoms with Crippen molar-refractivity contribution in [3.8, 4) is 0 Å². The molecule has 27 heavy (non-hydrogen) atoms. The molecule has 3 aromatic heterocycles. The Hall–Kier alpha value is -3.13. The van der Waals surface area contributed by atoms with Gasteiger partial charge in [-0.25, -0.2) is 9.97 Å². The fourth-order valence-electron chi connectivity index (χ4n) is 3.67. The van der Waals surface area contributed by atoms with Crippen molar-refractivity contribution in [2.75, 3.05) is 42.9 Å². The van der Waals surface area contributed by atoms with Gasteiger partial charge in [0.1, 0.15) is 11.5 Å². The quantitative estimate of drug-likeness (QED) is 0.652. The van der Waals surface area contributed by atoms with Crippen LogP contribution in [0.4, 0.5) is 17.5 Å². The number of nitrogens with one attached hydrogen (secondary N) is 3. The molecule has 138 valence electrons. The van der Waals surface area contributed by atoms with Crippen LogP contribution >= 0.6 is 0 Å².